The first-order valence-electron chi connectivity index (χ1n) is 18.6. The summed E-state index contributed by atoms with van der Waals surface area (Å²) in [6.07, 6.45) is 43.6. The lowest BCUT2D eigenvalue weighted by Gasteiger charge is -2.35. The van der Waals surface area contributed by atoms with E-state index in [1.54, 1.807) is 6.20 Å². The molecule has 1 aliphatic carbocycles. The molecule has 0 radical (unpaired) electrons. The van der Waals surface area contributed by atoms with Crippen molar-refractivity contribution in [3.05, 3.63) is 156 Å². The normalized spacial score (nSPS) is 21.4. The van der Waals surface area contributed by atoms with Crippen LogP contribution < -0.4 is 0 Å². The zero-order valence-corrected chi connectivity index (χ0v) is 32.1. The molecule has 2 heterocycles. The Morgan fingerprint density at radius 3 is 2.63 bits per heavy atom. The summed E-state index contributed by atoms with van der Waals surface area (Å²) in [5.74, 6) is 2.84. The minimum Gasteiger partial charge on any atom is -0.338 e. The molecule has 0 amide bonds. The van der Waals surface area contributed by atoms with Crippen molar-refractivity contribution in [3.8, 4) is 12.3 Å². The van der Waals surface area contributed by atoms with E-state index in [0.717, 1.165) is 60.3 Å². The van der Waals surface area contributed by atoms with Crippen LogP contribution in [0.2, 0.25) is 0 Å². The van der Waals surface area contributed by atoms with Crippen molar-refractivity contribution in [1.29, 1.82) is 0 Å². The number of rotatable bonds is 13. The molecule has 0 saturated carbocycles. The highest BCUT2D eigenvalue weighted by Crippen LogP contribution is 2.39. The van der Waals surface area contributed by atoms with Crippen LogP contribution in [0.3, 0.4) is 0 Å². The van der Waals surface area contributed by atoms with Gasteiger partial charge >= 0.3 is 0 Å². The van der Waals surface area contributed by atoms with Gasteiger partial charge < -0.3 is 9.47 Å². The van der Waals surface area contributed by atoms with Crippen molar-refractivity contribution < 1.29 is 0 Å². The van der Waals surface area contributed by atoms with Crippen LogP contribution in [0.4, 0.5) is 0 Å². The average Bonchev–Trinajstić information content (AvgIpc) is 3.48. The van der Waals surface area contributed by atoms with E-state index in [9.17, 15) is 0 Å². The van der Waals surface area contributed by atoms with E-state index >= 15 is 0 Å². The van der Waals surface area contributed by atoms with Crippen molar-refractivity contribution in [2.45, 2.75) is 86.1 Å². The molecule has 1 aliphatic heterocycles. The third-order valence-electron chi connectivity index (χ3n) is 9.45. The lowest BCUT2D eigenvalue weighted by Crippen LogP contribution is -2.32. The van der Waals surface area contributed by atoms with Crippen molar-refractivity contribution >= 4 is 35.1 Å². The Balaban J connectivity index is 1.97. The molecule has 4 nitrogen and oxygen atoms in total. The summed E-state index contributed by atoms with van der Waals surface area (Å²) < 4.78 is 2.35. The maximum atomic E-state index is 6.26. The number of hydrogen-bond acceptors (Lipinski definition) is 3. The molecule has 1 aromatic heterocycles. The fraction of sp³-hybridized carbons (Fsp3) is 0.292. The van der Waals surface area contributed by atoms with Gasteiger partial charge in [0.1, 0.15) is 0 Å². The number of hydrogen-bond donors (Lipinski definition) is 0. The van der Waals surface area contributed by atoms with Gasteiger partial charge in [0.25, 0.3) is 0 Å². The quantitative estimate of drug-likeness (QED) is 0.0892. The Kier molecular flexibility index (Phi) is 15.0. The van der Waals surface area contributed by atoms with E-state index in [1.807, 2.05) is 19.1 Å². The summed E-state index contributed by atoms with van der Waals surface area (Å²) in [7, 11) is 0. The molecule has 4 rings (SSSR count). The molecule has 0 spiro atoms. The Bertz CT molecular complexity index is 2000. The van der Waals surface area contributed by atoms with Crippen LogP contribution >= 0.6 is 0 Å². The molecule has 2 atom stereocenters. The minimum absolute atomic E-state index is 0.114. The molecule has 268 valence electrons. The summed E-state index contributed by atoms with van der Waals surface area (Å²) in [5, 5.41) is 1.26. The van der Waals surface area contributed by atoms with Crippen molar-refractivity contribution in [2.75, 3.05) is 0 Å². The second kappa shape index (κ2) is 19.8. The molecular formula is C48H56N4. The number of allylic oxidation sites excluding steroid dienone is 15. The maximum absolute atomic E-state index is 6.26. The van der Waals surface area contributed by atoms with Crippen LogP contribution in [0.15, 0.2) is 154 Å². The summed E-state index contributed by atoms with van der Waals surface area (Å²) in [6, 6.07) is 8.74. The lowest BCUT2D eigenvalue weighted by atomic mass is 9.98. The summed E-state index contributed by atoms with van der Waals surface area (Å²) in [6.45, 7) is 20.6. The predicted molar refractivity (Wildman–Crippen MR) is 229 cm³/mol. The van der Waals surface area contributed by atoms with Gasteiger partial charge in [-0.3, -0.25) is 9.98 Å². The van der Waals surface area contributed by atoms with Gasteiger partial charge in [0, 0.05) is 51.9 Å². The molecule has 52 heavy (non-hydrogen) atoms. The van der Waals surface area contributed by atoms with E-state index in [-0.39, 0.29) is 12.0 Å². The maximum Gasteiger partial charge on any atom is 0.0901 e. The van der Waals surface area contributed by atoms with Gasteiger partial charge in [-0.1, -0.05) is 104 Å². The number of para-hydroxylation sites is 1. The van der Waals surface area contributed by atoms with Crippen molar-refractivity contribution in [1.82, 2.24) is 9.47 Å². The minimum atomic E-state index is -0.221. The molecule has 1 aromatic carbocycles. The molecule has 2 aliphatic rings. The SMILES string of the molecule is C#CC(C)/C(=C(\C=C/C)C(=C/N=C)/N=C(C)C/C(=C\C=C/C=C)N1C(/C=C\C)=C(/CC)C/C=C\C/C=C\C1C)n1c2c(c3ccccc31)CCC=C2. The number of nitrogens with zero attached hydrogens (tertiary/aromatic N) is 4. The summed E-state index contributed by atoms with van der Waals surface area (Å²) in [5.41, 5.74) is 11.0. The molecule has 0 fully saturated rings. The van der Waals surface area contributed by atoms with Gasteiger partial charge in [0.05, 0.1) is 23.3 Å². The molecule has 4 heteroatoms. The van der Waals surface area contributed by atoms with Gasteiger partial charge in [-0.05, 0) is 109 Å². The summed E-state index contributed by atoms with van der Waals surface area (Å²) >= 11 is 0. The van der Waals surface area contributed by atoms with Gasteiger partial charge in [-0.15, -0.1) is 6.42 Å². The highest BCUT2D eigenvalue weighted by Gasteiger charge is 2.25. The first kappa shape index (κ1) is 39.4. The number of fused-ring (bicyclic) bond motifs is 3. The Morgan fingerprint density at radius 2 is 1.92 bits per heavy atom. The van der Waals surface area contributed by atoms with E-state index in [2.05, 4.69) is 165 Å². The van der Waals surface area contributed by atoms with Crippen LogP contribution in [0.25, 0.3) is 22.7 Å². The zero-order chi connectivity index (χ0) is 37.5. The number of terminal acetylenes is 1. The fourth-order valence-corrected chi connectivity index (χ4v) is 7.12. The largest absolute Gasteiger partial charge is 0.338 e. The number of aryl methyl sites for hydroxylation is 1. The smallest absolute Gasteiger partial charge is 0.0901 e. The van der Waals surface area contributed by atoms with E-state index < -0.39 is 0 Å². The van der Waals surface area contributed by atoms with Gasteiger partial charge in [0.15, 0.2) is 0 Å². The van der Waals surface area contributed by atoms with Crippen LogP contribution in [-0.4, -0.2) is 27.9 Å². The third-order valence-corrected chi connectivity index (χ3v) is 9.45. The second-order valence-electron chi connectivity index (χ2n) is 13.1. The third kappa shape index (κ3) is 9.28. The first-order chi connectivity index (χ1) is 25.3. The second-order valence-corrected chi connectivity index (χ2v) is 13.1. The number of aromatic nitrogens is 1. The molecule has 0 N–H and O–H groups in total. The molecule has 0 bridgehead atoms. The fourth-order valence-electron chi connectivity index (χ4n) is 7.12. The Hall–Kier alpha value is -5.40. The standard InChI is InChI=1S/C48H56N4/c1-10-15-18-29-40(51-38(8)27-19-16-17-20-28-39(14-5)45(51)26-12-3)34-37(7)50-44(35-49-9)43(25-11-2)48(36(6)13-4)52-46-32-23-21-30-41(46)42-31-22-24-33-47(42)52/h4,10-12,15,17-21,23-27,29-30,32-33,35-36,38H,1,9,14,16,22,28,31,34H2,2-3,5-8H3/b18-15-,20-17-,25-11-,26-12-,27-19-,40-29+,44-35-,45-39-,48-43-,50-37?. The van der Waals surface area contributed by atoms with Gasteiger partial charge in [0.2, 0.25) is 0 Å². The van der Waals surface area contributed by atoms with Gasteiger partial charge in [-0.25, -0.2) is 0 Å². The summed E-state index contributed by atoms with van der Waals surface area (Å²) in [4.78, 5) is 12.1. The molecular weight excluding hydrogens is 633 g/mol. The van der Waals surface area contributed by atoms with Crippen LogP contribution in [0.1, 0.15) is 84.9 Å². The lowest BCUT2D eigenvalue weighted by molar-refractivity contribution is 0.382. The molecule has 2 aromatic rings. The highest BCUT2D eigenvalue weighted by molar-refractivity contribution is 5.93. The van der Waals surface area contributed by atoms with Crippen LogP contribution in [0.5, 0.6) is 0 Å². The zero-order valence-electron chi connectivity index (χ0n) is 32.1. The number of aliphatic imine (C=N–C) groups is 2. The van der Waals surface area contributed by atoms with Crippen molar-refractivity contribution in [2.24, 2.45) is 15.9 Å². The molecule has 2 unspecified atom stereocenters. The monoisotopic (exact) mass is 688 g/mol. The Labute approximate surface area is 313 Å². The molecule has 0 saturated heterocycles. The predicted octanol–water partition coefficient (Wildman–Crippen LogP) is 12.5. The Morgan fingerprint density at radius 1 is 1.12 bits per heavy atom. The van der Waals surface area contributed by atoms with Gasteiger partial charge in [-0.2, -0.15) is 0 Å². The topological polar surface area (TPSA) is 32.9 Å². The highest BCUT2D eigenvalue weighted by atomic mass is 15.2. The van der Waals surface area contributed by atoms with Crippen molar-refractivity contribution in [3.63, 3.8) is 0 Å². The van der Waals surface area contributed by atoms with E-state index in [1.165, 1.54) is 27.9 Å². The van der Waals surface area contributed by atoms with Crippen LogP contribution in [-0.2, 0) is 6.42 Å². The van der Waals surface area contributed by atoms with E-state index in [4.69, 9.17) is 11.4 Å². The first-order valence-corrected chi connectivity index (χ1v) is 18.6. The average molecular weight is 689 g/mol. The number of benzene rings is 1. The van der Waals surface area contributed by atoms with E-state index in [0.29, 0.717) is 12.1 Å². The van der Waals surface area contributed by atoms with Crippen LogP contribution in [0, 0.1) is 18.3 Å².